The van der Waals surface area contributed by atoms with Gasteiger partial charge in [0.25, 0.3) is 0 Å². The lowest BCUT2D eigenvalue weighted by Gasteiger charge is -2.18. The fourth-order valence-electron chi connectivity index (χ4n) is 9.08. The average molecular weight is 1700 g/mol. The molecule has 0 aliphatic carbocycles. The van der Waals surface area contributed by atoms with Crippen molar-refractivity contribution >= 4 is 70.3 Å². The summed E-state index contributed by atoms with van der Waals surface area (Å²) >= 11 is 0. The molecule has 0 aliphatic rings. The average Bonchev–Trinajstić information content (AvgIpc) is 0.770. The Hall–Kier alpha value is -13.4. The molecule has 120 heavy (non-hydrogen) atoms. The van der Waals surface area contributed by atoms with Crippen molar-refractivity contribution < 1.29 is 97.8 Å². The van der Waals surface area contributed by atoms with E-state index < -0.39 is 141 Å². The number of aliphatic hydroxyl groups is 4. The Kier molecular flexibility index (Phi) is 21.4. The van der Waals surface area contributed by atoms with Crippen molar-refractivity contribution in [2.24, 2.45) is 0 Å². The van der Waals surface area contributed by atoms with Crippen molar-refractivity contribution in [1.29, 1.82) is 0 Å². The summed E-state index contributed by atoms with van der Waals surface area (Å²) in [5.74, 6) is -3.84. The molecule has 0 radical (unpaired) electrons. The van der Waals surface area contributed by atoms with Crippen LogP contribution in [0.1, 0.15) is 125 Å². The van der Waals surface area contributed by atoms with E-state index in [1.807, 2.05) is 0 Å². The number of halogens is 12. The zero-order valence-electron chi connectivity index (χ0n) is 81.3. The third kappa shape index (κ3) is 29.7. The first-order chi connectivity index (χ1) is 63.2. The van der Waals surface area contributed by atoms with Crippen LogP contribution < -0.4 is 42.5 Å². The third-order valence-electron chi connectivity index (χ3n) is 14.0. The van der Waals surface area contributed by atoms with Gasteiger partial charge in [-0.3, -0.25) is 19.9 Å². The lowest BCUT2D eigenvalue weighted by atomic mass is 10.1. The smallest absolute Gasteiger partial charge is 0.389 e. The molecule has 2 atom stereocenters. The summed E-state index contributed by atoms with van der Waals surface area (Å²) in [5, 5.41) is 61.6. The SMILES string of the molecule is [2H]C([2H])(Nc1nc(Nc2ccnc(C)c2)nc(-c2cccc(C(F)(F)F)n2)n1)C(C)(C)O.[2H]C([2H])([2H])C(C)(O)C([2H])([2H])Nc1nc(Nc2ccnc(C)c2)nc(-c2cccc(C(F)(F)F)n2)n1.[2H]C([2H])([2H])C(C)(O)C([2H])([2H])Nc1nc(Nc2ccnc(C)c2)nc(-c2cccc(C(F)(F)F)n2)n1.[2H]C([2H])([2H])C(O)(CNc1nc(Nc2ccnc(C)c2)nc(-c2cccc(C(F)(F)F)n2)n1)C([2H])([2H])[2H]. The van der Waals surface area contributed by atoms with E-state index in [1.54, 1.807) is 82.4 Å². The minimum Gasteiger partial charge on any atom is -0.389 e. The van der Waals surface area contributed by atoms with Crippen LogP contribution in [0.5, 0.6) is 0 Å². The summed E-state index contributed by atoms with van der Waals surface area (Å²) in [6.07, 6.45) is -12.9. The number of nitrogens with zero attached hydrogens (tertiary/aromatic N) is 20. The van der Waals surface area contributed by atoms with Gasteiger partial charge in [0, 0.05) is 113 Å². The van der Waals surface area contributed by atoms with E-state index in [0.29, 0.717) is 45.5 Å². The second kappa shape index (κ2) is 37.9. The summed E-state index contributed by atoms with van der Waals surface area (Å²) in [5.41, 5.74) is -12.1. The van der Waals surface area contributed by atoms with Gasteiger partial charge in [0.05, 0.1) is 30.6 Å². The Labute approximate surface area is 702 Å². The minimum atomic E-state index is -4.74. The quantitative estimate of drug-likeness (QED) is 0.0250. The van der Waals surface area contributed by atoms with Crippen molar-refractivity contribution in [2.45, 2.75) is 130 Å². The van der Waals surface area contributed by atoms with Crippen LogP contribution in [0, 0.1) is 27.7 Å². The van der Waals surface area contributed by atoms with Crippen LogP contribution in [0.3, 0.4) is 0 Å². The van der Waals surface area contributed by atoms with Crippen LogP contribution in [0.4, 0.5) is 123 Å². The molecule has 32 nitrogen and oxygen atoms in total. The highest BCUT2D eigenvalue weighted by Crippen LogP contribution is 2.35. The molecule has 0 fully saturated rings. The number of rotatable bonds is 24. The molecule has 0 saturated heterocycles. The fraction of sp³-hybridized carbons (Fsp3) is 0.316. The first-order valence-corrected chi connectivity index (χ1v) is 34.2. The highest BCUT2D eigenvalue weighted by molar-refractivity contribution is 5.64. The molecule has 632 valence electrons. The standard InChI is InChI=1S/4C19H20F3N7O/c4*1-11-9-12(7-8-23-11)25-17-28-15(27-16(29-17)24-10-18(2,3)30)13-5-4-6-14(26-13)19(20,21)22/h4*4-9,30H,10H2,1-3H3,(H2,23,24,25,27,28,29)/i2*2D3,10D2;2D3,3D3;10D2. The first-order valence-electron chi connectivity index (χ1n) is 43.2. The van der Waals surface area contributed by atoms with Gasteiger partial charge in [-0.15, -0.1) is 0 Å². The number of alkyl halides is 12. The molecule has 12 rings (SSSR count). The van der Waals surface area contributed by atoms with Crippen molar-refractivity contribution in [1.82, 2.24) is 99.7 Å². The molecule has 12 aromatic heterocycles. The van der Waals surface area contributed by atoms with Crippen LogP contribution in [-0.4, -0.2) is 169 Å². The van der Waals surface area contributed by atoms with Crippen molar-refractivity contribution in [3.8, 4) is 46.1 Å². The highest BCUT2D eigenvalue weighted by Gasteiger charge is 2.36. The predicted molar refractivity (Wildman–Crippen MR) is 420 cm³/mol. The molecule has 0 spiro atoms. The van der Waals surface area contributed by atoms with E-state index >= 15 is 0 Å². The Balaban J connectivity index is 0.000000206. The molecular weight excluding hydrogens is 1600 g/mol. The molecule has 0 saturated carbocycles. The third-order valence-corrected chi connectivity index (χ3v) is 14.0. The molecule has 2 unspecified atom stereocenters. The van der Waals surface area contributed by atoms with Gasteiger partial charge < -0.3 is 63.0 Å². The van der Waals surface area contributed by atoms with E-state index in [2.05, 4.69) is 142 Å². The van der Waals surface area contributed by atoms with Crippen molar-refractivity contribution in [3.63, 3.8) is 0 Å². The molecule has 0 bridgehead atoms. The number of pyridine rings is 8. The first kappa shape index (κ1) is 67.6. The second-order valence-electron chi connectivity index (χ2n) is 25.8. The molecule has 0 amide bonds. The number of aryl methyl sites for hydroxylation is 4. The van der Waals surface area contributed by atoms with Crippen LogP contribution in [0.2, 0.25) is 0 Å². The molecule has 0 aromatic carbocycles. The van der Waals surface area contributed by atoms with Gasteiger partial charge in [0.1, 0.15) is 45.6 Å². The monoisotopic (exact) mass is 1690 g/mol. The zero-order chi connectivity index (χ0) is 103. The highest BCUT2D eigenvalue weighted by atomic mass is 19.4. The van der Waals surface area contributed by atoms with Crippen molar-refractivity contribution in [2.75, 3.05) is 68.6 Å². The van der Waals surface area contributed by atoms with Gasteiger partial charge in [-0.05, 0) is 180 Å². The number of anilines is 12. The summed E-state index contributed by atoms with van der Waals surface area (Å²) < 4.78 is 296. The normalized spacial score (nSPS) is 15.8. The predicted octanol–water partition coefficient (Wildman–Crippen LogP) is 14.3. The van der Waals surface area contributed by atoms with E-state index in [4.69, 9.17) is 24.7 Å². The van der Waals surface area contributed by atoms with Crippen LogP contribution in [0.15, 0.2) is 146 Å². The fourth-order valence-corrected chi connectivity index (χ4v) is 9.08. The van der Waals surface area contributed by atoms with Gasteiger partial charge in [0.2, 0.25) is 47.6 Å². The zero-order valence-corrected chi connectivity index (χ0v) is 63.3. The maximum absolute atomic E-state index is 13.2. The molecule has 12 heterocycles. The summed E-state index contributed by atoms with van der Waals surface area (Å²) in [4.78, 5) is 78.6. The van der Waals surface area contributed by atoms with Gasteiger partial charge in [0.15, 0.2) is 23.3 Å². The van der Waals surface area contributed by atoms with Crippen LogP contribution in [-0.2, 0) is 24.7 Å². The summed E-state index contributed by atoms with van der Waals surface area (Å²) in [6, 6.07) is 25.4. The number of nitrogens with one attached hydrogen (secondary N) is 8. The van der Waals surface area contributed by atoms with Gasteiger partial charge >= 0.3 is 24.7 Å². The Bertz CT molecular complexity index is 6090. The largest absolute Gasteiger partial charge is 0.433 e. The summed E-state index contributed by atoms with van der Waals surface area (Å²) in [6.45, 7) is -11.4. The van der Waals surface area contributed by atoms with E-state index in [-0.39, 0.29) is 75.8 Å². The van der Waals surface area contributed by atoms with E-state index in [1.165, 1.54) is 56.7 Å². The topological polar surface area (TPSA) is 435 Å². The maximum atomic E-state index is 13.2. The molecule has 0 aliphatic heterocycles. The molecular formula is C76H80F12N28O4. The number of aromatic nitrogens is 20. The lowest BCUT2D eigenvalue weighted by molar-refractivity contribution is -0.141. The van der Waals surface area contributed by atoms with Crippen molar-refractivity contribution in [3.05, 3.63) is 192 Å². The summed E-state index contributed by atoms with van der Waals surface area (Å²) in [7, 11) is 0. The van der Waals surface area contributed by atoms with Crippen LogP contribution >= 0.6 is 0 Å². The molecule has 12 aromatic rings. The molecule has 44 heteroatoms. The van der Waals surface area contributed by atoms with E-state index in [0.717, 1.165) is 62.4 Å². The second-order valence-corrected chi connectivity index (χ2v) is 25.8. The number of hydrogen-bond acceptors (Lipinski definition) is 32. The van der Waals surface area contributed by atoms with Gasteiger partial charge in [-0.1, -0.05) is 24.3 Å². The molecule has 12 N–H and O–H groups in total. The van der Waals surface area contributed by atoms with Gasteiger partial charge in [-0.2, -0.15) is 112 Å². The Morgan fingerprint density at radius 1 is 0.292 bits per heavy atom. The maximum Gasteiger partial charge on any atom is 0.433 e. The Morgan fingerprint density at radius 3 is 0.733 bits per heavy atom. The van der Waals surface area contributed by atoms with E-state index in [9.17, 15) is 73.1 Å². The lowest BCUT2D eigenvalue weighted by Crippen LogP contribution is -2.30. The minimum absolute atomic E-state index is 0.0751. The van der Waals surface area contributed by atoms with Crippen LogP contribution in [0.25, 0.3) is 46.1 Å². The number of hydrogen-bond donors (Lipinski definition) is 12. The van der Waals surface area contributed by atoms with Gasteiger partial charge in [-0.25, -0.2) is 19.9 Å². The Morgan fingerprint density at radius 2 is 0.517 bits per heavy atom.